The number of nitrogens with one attached hydrogen (secondary N) is 1. The number of allylic oxidation sites excluding steroid dienone is 1. The van der Waals surface area contributed by atoms with Gasteiger partial charge in [-0.1, -0.05) is 28.5 Å². The van der Waals surface area contributed by atoms with Crippen molar-refractivity contribution in [1.29, 1.82) is 0 Å². The molecule has 2 amide bonds. The number of anilines is 1. The zero-order valence-corrected chi connectivity index (χ0v) is 26.8. The van der Waals surface area contributed by atoms with Gasteiger partial charge in [-0.15, -0.1) is 45.8 Å². The van der Waals surface area contributed by atoms with Crippen LogP contribution < -0.4 is 16.5 Å². The van der Waals surface area contributed by atoms with E-state index < -0.39 is 29.2 Å². The molecule has 3 aromatic rings. The first-order chi connectivity index (χ1) is 20.7. The Hall–Kier alpha value is -2.89. The van der Waals surface area contributed by atoms with E-state index in [1.165, 1.54) is 57.2 Å². The van der Waals surface area contributed by atoms with Crippen molar-refractivity contribution >= 4 is 107 Å². The minimum absolute atomic E-state index is 0.0909. The van der Waals surface area contributed by atoms with Gasteiger partial charge in [0.1, 0.15) is 28.9 Å². The van der Waals surface area contributed by atoms with Crippen LogP contribution in [0.1, 0.15) is 31.4 Å². The van der Waals surface area contributed by atoms with Gasteiger partial charge in [0.15, 0.2) is 16.3 Å². The standard InChI is InChI=1S/C26H22ClN5O6S5/c27-16-7-13-15(33)8-17(43-25(13)42-16)39-6-5-11-9-40-23-19(22(35)32(23)20(11)24(36)37)30-21(34)18(14-10-41-26(28)29-14)31-38-12-3-1-2-4-12/h5-8,10,12,19,23H,1-4,9H2,(H2,28,29)(H,30,34)(H,36,37)/t19?,23-/m1/s1. The van der Waals surface area contributed by atoms with Crippen LogP contribution in [-0.2, 0) is 19.2 Å². The predicted octanol–water partition coefficient (Wildman–Crippen LogP) is 4.72. The fourth-order valence-corrected chi connectivity index (χ4v) is 10.4. The topological polar surface area (TPSA) is 164 Å². The number of aromatic nitrogens is 1. The number of halogens is 1. The van der Waals surface area contributed by atoms with Gasteiger partial charge < -0.3 is 21.0 Å². The Balaban J connectivity index is 1.17. The van der Waals surface area contributed by atoms with Gasteiger partial charge in [-0.25, -0.2) is 9.78 Å². The molecule has 6 rings (SSSR count). The van der Waals surface area contributed by atoms with Gasteiger partial charge in [0.2, 0.25) is 0 Å². The van der Waals surface area contributed by atoms with Gasteiger partial charge >= 0.3 is 5.97 Å². The van der Waals surface area contributed by atoms with E-state index in [1.54, 1.807) is 22.9 Å². The third-order valence-corrected chi connectivity index (χ3v) is 12.3. The van der Waals surface area contributed by atoms with Crippen LogP contribution in [0.4, 0.5) is 5.13 Å². The van der Waals surface area contributed by atoms with Crippen LogP contribution >= 0.6 is 69.1 Å². The number of thiazole rings is 1. The van der Waals surface area contributed by atoms with Crippen LogP contribution in [0.25, 0.3) is 9.40 Å². The van der Waals surface area contributed by atoms with Gasteiger partial charge in [-0.3, -0.25) is 19.3 Å². The Kier molecular flexibility index (Phi) is 8.84. The fourth-order valence-electron chi connectivity index (χ4n) is 4.84. The van der Waals surface area contributed by atoms with Crippen LogP contribution in [0.3, 0.4) is 0 Å². The Morgan fingerprint density at radius 1 is 1.26 bits per heavy atom. The van der Waals surface area contributed by atoms with Crippen LogP contribution in [0.2, 0.25) is 4.34 Å². The van der Waals surface area contributed by atoms with E-state index in [4.69, 9.17) is 22.2 Å². The van der Waals surface area contributed by atoms with E-state index in [0.29, 0.717) is 21.0 Å². The maximum Gasteiger partial charge on any atom is 0.352 e. The average Bonchev–Trinajstić information content (AvgIpc) is 3.73. The highest BCUT2D eigenvalue weighted by Crippen LogP contribution is 2.41. The molecule has 11 nitrogen and oxygen atoms in total. The van der Waals surface area contributed by atoms with E-state index in [1.807, 2.05) is 0 Å². The highest BCUT2D eigenvalue weighted by molar-refractivity contribution is 8.04. The summed E-state index contributed by atoms with van der Waals surface area (Å²) >= 11 is 12.6. The van der Waals surface area contributed by atoms with Crippen LogP contribution in [0.15, 0.2) is 54.4 Å². The first-order valence-corrected chi connectivity index (χ1v) is 17.7. The number of carboxylic acid groups (broad SMARTS) is 1. The number of rotatable bonds is 9. The van der Waals surface area contributed by atoms with Gasteiger partial charge in [0, 0.05) is 17.2 Å². The number of aliphatic carboxylic acids is 1. The van der Waals surface area contributed by atoms with Crippen molar-refractivity contribution in [2.75, 3.05) is 11.5 Å². The van der Waals surface area contributed by atoms with Crippen molar-refractivity contribution < 1.29 is 24.3 Å². The Labute approximate surface area is 269 Å². The first kappa shape index (κ1) is 30.1. The van der Waals surface area contributed by atoms with E-state index >= 15 is 0 Å². The zero-order valence-electron chi connectivity index (χ0n) is 22.0. The molecule has 2 fully saturated rings. The zero-order chi connectivity index (χ0) is 30.2. The predicted molar refractivity (Wildman–Crippen MR) is 172 cm³/mol. The smallest absolute Gasteiger partial charge is 0.352 e. The molecule has 0 bridgehead atoms. The number of nitrogens with zero attached hydrogens (tertiary/aromatic N) is 3. The van der Waals surface area contributed by atoms with Gasteiger partial charge in [0.25, 0.3) is 11.8 Å². The minimum Gasteiger partial charge on any atom is -0.477 e. The SMILES string of the molecule is Nc1nc(C(=NOC2CCCC2)C(=O)NC2C(=O)N3C(C(=O)O)=C(C=CSc4cc(=O)c5cc(Cl)sc5s4)CS[C@H]23)cs1. The first-order valence-electron chi connectivity index (χ1n) is 12.9. The second kappa shape index (κ2) is 12.6. The molecule has 1 saturated carbocycles. The third-order valence-electron chi connectivity index (χ3n) is 6.89. The number of fused-ring (bicyclic) bond motifs is 2. The van der Waals surface area contributed by atoms with Gasteiger partial charge in [-0.05, 0) is 48.8 Å². The number of carbonyl (C=O) groups is 3. The van der Waals surface area contributed by atoms with Crippen LogP contribution in [0, 0.1) is 0 Å². The van der Waals surface area contributed by atoms with Crippen molar-refractivity contribution in [2.45, 2.75) is 47.4 Å². The lowest BCUT2D eigenvalue weighted by Gasteiger charge is -2.49. The quantitative estimate of drug-likeness (QED) is 0.123. The fraction of sp³-hybridized carbons (Fsp3) is 0.308. The number of thiophene rings is 1. The summed E-state index contributed by atoms with van der Waals surface area (Å²) in [6, 6.07) is 2.21. The molecule has 1 unspecified atom stereocenters. The number of amides is 2. The van der Waals surface area contributed by atoms with Crippen molar-refractivity contribution in [3.63, 3.8) is 0 Å². The number of carbonyl (C=O) groups excluding carboxylic acids is 2. The Morgan fingerprint density at radius 3 is 2.77 bits per heavy atom. The van der Waals surface area contributed by atoms with Gasteiger partial charge in [-0.2, -0.15) is 0 Å². The Bertz CT molecular complexity index is 1770. The number of carboxylic acids is 1. The molecule has 17 heteroatoms. The summed E-state index contributed by atoms with van der Waals surface area (Å²) in [4.78, 5) is 62.1. The number of oxime groups is 1. The molecular weight excluding hydrogens is 674 g/mol. The summed E-state index contributed by atoms with van der Waals surface area (Å²) < 4.78 is 2.07. The van der Waals surface area contributed by atoms with Crippen molar-refractivity contribution in [3.05, 3.63) is 60.5 Å². The normalized spacial score (nSPS) is 21.0. The summed E-state index contributed by atoms with van der Waals surface area (Å²) in [5, 5.41) is 20.3. The number of β-lactam (4-membered cyclic amide) rings is 1. The average molecular weight is 696 g/mol. The number of hydrogen-bond donors (Lipinski definition) is 3. The highest BCUT2D eigenvalue weighted by atomic mass is 35.5. The lowest BCUT2D eigenvalue weighted by atomic mass is 10.0. The lowest BCUT2D eigenvalue weighted by Crippen LogP contribution is -2.71. The molecule has 3 aromatic heterocycles. The van der Waals surface area contributed by atoms with Gasteiger partial charge in [0.05, 0.1) is 17.9 Å². The van der Waals surface area contributed by atoms with Crippen molar-refractivity contribution in [1.82, 2.24) is 15.2 Å². The minimum atomic E-state index is -1.25. The molecule has 4 N–H and O–H groups in total. The molecule has 1 saturated heterocycles. The highest BCUT2D eigenvalue weighted by Gasteiger charge is 2.54. The molecule has 0 aromatic carbocycles. The van der Waals surface area contributed by atoms with Crippen molar-refractivity contribution in [3.8, 4) is 0 Å². The largest absolute Gasteiger partial charge is 0.477 e. The summed E-state index contributed by atoms with van der Waals surface area (Å²) in [6.07, 6.45) is 5.26. The number of nitrogen functional groups attached to an aromatic ring is 1. The maximum atomic E-state index is 13.3. The monoisotopic (exact) mass is 695 g/mol. The molecule has 5 heterocycles. The van der Waals surface area contributed by atoms with E-state index in [0.717, 1.165) is 45.2 Å². The van der Waals surface area contributed by atoms with E-state index in [2.05, 4.69) is 15.5 Å². The molecule has 0 spiro atoms. The van der Waals surface area contributed by atoms with E-state index in [9.17, 15) is 24.3 Å². The molecular formula is C26H22ClN5O6S5. The second-order valence-corrected chi connectivity index (χ2v) is 15.9. The Morgan fingerprint density at radius 2 is 2.05 bits per heavy atom. The third kappa shape index (κ3) is 6.21. The maximum absolute atomic E-state index is 13.3. The summed E-state index contributed by atoms with van der Waals surface area (Å²) in [5.41, 5.74) is 6.08. The molecule has 224 valence electrons. The summed E-state index contributed by atoms with van der Waals surface area (Å²) in [7, 11) is 0. The molecule has 0 radical (unpaired) electrons. The van der Waals surface area contributed by atoms with Crippen LogP contribution in [-0.4, -0.2) is 61.8 Å². The number of nitrogens with two attached hydrogens (primary N) is 1. The summed E-state index contributed by atoms with van der Waals surface area (Å²) in [5.74, 6) is -2.16. The number of hydrogen-bond acceptors (Lipinski definition) is 13. The molecule has 2 atom stereocenters. The molecule has 1 aliphatic carbocycles. The molecule has 43 heavy (non-hydrogen) atoms. The molecule has 2 aliphatic heterocycles. The molecule has 3 aliphatic rings. The van der Waals surface area contributed by atoms with E-state index in [-0.39, 0.29) is 33.8 Å². The number of thioether (sulfide) groups is 2. The van der Waals surface area contributed by atoms with Crippen LogP contribution in [0.5, 0.6) is 0 Å². The lowest BCUT2D eigenvalue weighted by molar-refractivity contribution is -0.150. The van der Waals surface area contributed by atoms with Crippen molar-refractivity contribution in [2.24, 2.45) is 5.16 Å². The summed E-state index contributed by atoms with van der Waals surface area (Å²) in [6.45, 7) is 0. The second-order valence-electron chi connectivity index (χ2n) is 9.66.